The van der Waals surface area contributed by atoms with Crippen molar-refractivity contribution >= 4 is 17.3 Å². The number of Topliss-reactive ketones (excluding diaryl/α,β-unsaturated/α-hetero) is 3. The third-order valence-electron chi connectivity index (χ3n) is 7.87. The predicted octanol–water partition coefficient (Wildman–Crippen LogP) is 8.83. The Balaban J connectivity index is -0.000000242. The largest absolute Gasteiger partial charge is 0.393 e. The van der Waals surface area contributed by atoms with Crippen LogP contribution in [0.4, 0.5) is 0 Å². The van der Waals surface area contributed by atoms with Gasteiger partial charge in [-0.1, -0.05) is 13.8 Å². The molecule has 8 unspecified atom stereocenters. The third-order valence-corrected chi connectivity index (χ3v) is 7.87. The number of methoxy groups -OCH3 is 1. The second-order valence-corrected chi connectivity index (χ2v) is 15.4. The smallest absolute Gasteiger partial charge is 0.210 e. The van der Waals surface area contributed by atoms with E-state index in [9.17, 15) is 14.4 Å². The number of hydrogen-bond acceptors (Lipinski definition) is 9. The van der Waals surface area contributed by atoms with E-state index < -0.39 is 0 Å². The van der Waals surface area contributed by atoms with E-state index in [1.165, 1.54) is 13.8 Å². The number of hydrogen-bond donors (Lipinski definition) is 1. The summed E-state index contributed by atoms with van der Waals surface area (Å²) in [5.74, 6) is 1.24. The lowest BCUT2D eigenvalue weighted by Gasteiger charge is -2.35. The molecule has 0 amide bonds. The van der Waals surface area contributed by atoms with Gasteiger partial charge in [-0.3, -0.25) is 0 Å². The molecule has 0 aromatic carbocycles. The van der Waals surface area contributed by atoms with E-state index >= 15 is 0 Å². The van der Waals surface area contributed by atoms with E-state index in [0.29, 0.717) is 38.4 Å². The number of carbonyl (C=O) groups excluding carboxylic acids is 3. The second kappa shape index (κ2) is 27.5. The van der Waals surface area contributed by atoms with Gasteiger partial charge in [0.15, 0.2) is 0 Å². The highest BCUT2D eigenvalue weighted by molar-refractivity contribution is 5.75. The van der Waals surface area contributed by atoms with Crippen LogP contribution >= 0.6 is 0 Å². The molecular weight excluding hydrogens is 612 g/mol. The summed E-state index contributed by atoms with van der Waals surface area (Å²) in [5.41, 5.74) is -0.478. The fourth-order valence-corrected chi connectivity index (χ4v) is 5.28. The first-order valence-corrected chi connectivity index (χ1v) is 18.1. The van der Waals surface area contributed by atoms with Gasteiger partial charge in [-0.05, 0) is 129 Å². The molecule has 0 bridgehead atoms. The summed E-state index contributed by atoms with van der Waals surface area (Å²) in [5, 5.41) is 4.52. The van der Waals surface area contributed by atoms with Crippen LogP contribution in [0.25, 0.3) is 0 Å². The minimum absolute atomic E-state index is 0.0607. The Hall–Kier alpha value is -1.23. The molecule has 0 aliphatic heterocycles. The highest BCUT2D eigenvalue weighted by atomic mass is 16.5. The summed E-state index contributed by atoms with van der Waals surface area (Å²) in [4.78, 5) is 31.5. The summed E-state index contributed by atoms with van der Waals surface area (Å²) in [6, 6.07) is 0. The van der Waals surface area contributed by atoms with Crippen LogP contribution < -0.4 is 0 Å². The van der Waals surface area contributed by atoms with Crippen LogP contribution in [0.2, 0.25) is 0 Å². The molecule has 0 aromatic heterocycles. The Morgan fingerprint density at radius 2 is 1.23 bits per heavy atom. The minimum atomic E-state index is -0.264. The van der Waals surface area contributed by atoms with Gasteiger partial charge in [0, 0.05) is 44.8 Å². The molecule has 0 heterocycles. The fraction of sp³-hybridized carbons (Fsp3) is 0.923. The Morgan fingerprint density at radius 3 is 1.67 bits per heavy atom. The van der Waals surface area contributed by atoms with Crippen molar-refractivity contribution in [1.29, 1.82) is 1.43 Å². The molecule has 1 N–H and O–H groups in total. The molecule has 292 valence electrons. The van der Waals surface area contributed by atoms with Gasteiger partial charge in [-0.2, -0.15) is 0 Å². The van der Waals surface area contributed by atoms with Gasteiger partial charge in [0.05, 0.1) is 54.4 Å². The Labute approximate surface area is 303 Å². The van der Waals surface area contributed by atoms with Gasteiger partial charge in [-0.15, -0.1) is 0 Å². The van der Waals surface area contributed by atoms with Gasteiger partial charge < -0.3 is 43.2 Å². The maximum absolute atomic E-state index is 11.1. The number of carbonyl (C=O) groups is 3. The van der Waals surface area contributed by atoms with E-state index in [2.05, 4.69) is 67.4 Å². The number of ketones is 3. The molecule has 0 spiro atoms. The lowest BCUT2D eigenvalue weighted by molar-refractivity contribution is -0.122. The highest BCUT2D eigenvalue weighted by Crippen LogP contribution is 2.26. The van der Waals surface area contributed by atoms with Crippen molar-refractivity contribution in [2.75, 3.05) is 20.3 Å². The summed E-state index contributed by atoms with van der Waals surface area (Å²) < 4.78 is 56.2. The standard InChI is InChI=1S/2C18H36O4.C3H6O.2H2/c1-12(8-13(2)19)9-15(4)21-17(6)11-18(7)22-16(5)10-14(3)20;1-14(13-22-17(4,5)12-16(3)20-8)18(6,7)21-11-9-10-15(2)19;1-3(2)4;;/h12,14-18,20H,8-11H2,1-7H3;14,16H,9-13H2,1-8H3;1-2H3;2*1H/i20T;;;2*1+2T. The Bertz CT molecular complexity index is 876. The van der Waals surface area contributed by atoms with Gasteiger partial charge >= 0.3 is 0 Å². The van der Waals surface area contributed by atoms with Crippen LogP contribution in [0.15, 0.2) is 0 Å². The molecule has 0 rings (SSSR count). The van der Waals surface area contributed by atoms with E-state index in [1.54, 1.807) is 21.0 Å². The lowest BCUT2D eigenvalue weighted by Crippen LogP contribution is -2.39. The highest BCUT2D eigenvalue weighted by Gasteiger charge is 2.30. The molecule has 0 saturated heterocycles. The van der Waals surface area contributed by atoms with Crippen molar-refractivity contribution < 1.29 is 49.1 Å². The molecule has 0 saturated carbocycles. The average Bonchev–Trinajstić information content (AvgIpc) is 3.02. The van der Waals surface area contributed by atoms with Crippen molar-refractivity contribution in [2.24, 2.45) is 11.8 Å². The summed E-state index contributed by atoms with van der Waals surface area (Å²) in [6.07, 6.45) is 5.75. The van der Waals surface area contributed by atoms with Crippen molar-refractivity contribution in [2.45, 2.75) is 204 Å². The van der Waals surface area contributed by atoms with Crippen LogP contribution in [-0.2, 0) is 38.1 Å². The summed E-state index contributed by atoms with van der Waals surface area (Å²) in [6.45, 7) is 32.2. The molecule has 0 aromatic rings. The summed E-state index contributed by atoms with van der Waals surface area (Å²) >= 11 is 0. The first-order chi connectivity index (χ1) is 24.4. The molecule has 0 aliphatic carbocycles. The Morgan fingerprint density at radius 1 is 0.750 bits per heavy atom. The van der Waals surface area contributed by atoms with Crippen molar-refractivity contribution in [3.05, 3.63) is 0 Å². The maximum Gasteiger partial charge on any atom is 0.210 e. The minimum Gasteiger partial charge on any atom is -0.393 e. The molecule has 0 fully saturated rings. The van der Waals surface area contributed by atoms with Crippen molar-refractivity contribution in [3.8, 4) is 0 Å². The van der Waals surface area contributed by atoms with Crippen LogP contribution in [0.1, 0.15) is 162 Å². The normalized spacial score (nSPS) is 17.5. The molecule has 9 nitrogen and oxygen atoms in total. The van der Waals surface area contributed by atoms with Crippen molar-refractivity contribution in [1.82, 2.24) is 0 Å². The lowest BCUT2D eigenvalue weighted by atomic mass is 9.92. The van der Waals surface area contributed by atoms with Gasteiger partial charge in [0.1, 0.15) is 17.3 Å². The molecular formula is C39H82O9. The molecule has 8 atom stereocenters. The van der Waals surface area contributed by atoms with E-state index in [0.717, 1.165) is 25.7 Å². The van der Waals surface area contributed by atoms with Crippen LogP contribution in [-0.4, -0.2) is 92.0 Å². The van der Waals surface area contributed by atoms with Gasteiger partial charge in [0.2, 0.25) is 1.43 Å². The average molecular weight is 705 g/mol. The van der Waals surface area contributed by atoms with Gasteiger partial charge in [0.25, 0.3) is 0 Å². The number of rotatable bonds is 25. The topological polar surface area (TPSA) is 118 Å². The predicted molar refractivity (Wildman–Crippen MR) is 201 cm³/mol. The number of ether oxygens (including phenoxy) is 5. The van der Waals surface area contributed by atoms with Crippen LogP contribution in [0.5, 0.6) is 0 Å². The maximum atomic E-state index is 11.1. The molecule has 0 aliphatic rings. The second-order valence-electron chi connectivity index (χ2n) is 15.4. The quantitative estimate of drug-likeness (QED) is 0.0930. The monoisotopic (exact) mass is 705 g/mol. The van der Waals surface area contributed by atoms with E-state index in [4.69, 9.17) is 31.1 Å². The third kappa shape index (κ3) is 34.6. The van der Waals surface area contributed by atoms with Crippen LogP contribution in [0.3, 0.4) is 0 Å². The van der Waals surface area contributed by atoms with Crippen molar-refractivity contribution in [3.63, 3.8) is 0 Å². The number of aliphatic hydroxyl groups is 1. The summed E-state index contributed by atoms with van der Waals surface area (Å²) in [7, 11) is 1.72. The zero-order chi connectivity index (χ0) is 43.0. The fourth-order valence-electron chi connectivity index (χ4n) is 5.28. The van der Waals surface area contributed by atoms with E-state index in [-0.39, 0.29) is 71.1 Å². The molecule has 48 heavy (non-hydrogen) atoms. The SMILES string of the molecule is CC(C)=O.COC(C)CC(C)(C)OCC(C)C(C)(C)OCCCC(C)=O.[3H]OC(C)CC(C)OC(C)CC(C)OC(C)CC(C)CC(C)=O.[3H][3H].[3H][3H]. The first kappa shape index (κ1) is 44.8. The molecule has 9 heteroatoms. The molecule has 0 radical (unpaired) electrons. The first-order valence-electron chi connectivity index (χ1n) is 20.5. The van der Waals surface area contributed by atoms with E-state index in [1.807, 2.05) is 20.8 Å². The zero-order valence-corrected chi connectivity index (χ0v) is 34.2. The zero-order valence-electron chi connectivity index (χ0n) is 39.2. The number of aliphatic hydroxyl groups excluding tert-OH is 1. The van der Waals surface area contributed by atoms with Crippen LogP contribution in [0, 0.1) is 11.8 Å². The van der Waals surface area contributed by atoms with Gasteiger partial charge in [-0.25, -0.2) is 0 Å². The Kier molecular flexibility index (Phi) is 25.7.